The molecule has 29 heavy (non-hydrogen) atoms. The normalized spacial score (nSPS) is 10.6. The van der Waals surface area contributed by atoms with E-state index in [4.69, 9.17) is 9.47 Å². The topological polar surface area (TPSA) is 65.4 Å². The summed E-state index contributed by atoms with van der Waals surface area (Å²) in [6.45, 7) is 0. The lowest BCUT2D eigenvalue weighted by Crippen LogP contribution is -2.11. The smallest absolute Gasteiger partial charge is 0.257 e. The zero-order valence-electron chi connectivity index (χ0n) is 16.0. The van der Waals surface area contributed by atoms with Crippen molar-refractivity contribution in [1.82, 2.24) is 9.55 Å². The fourth-order valence-electron chi connectivity index (χ4n) is 2.93. The molecule has 2 heterocycles. The molecule has 2 aromatic heterocycles. The lowest BCUT2D eigenvalue weighted by atomic mass is 10.1. The molecule has 0 aliphatic carbocycles. The van der Waals surface area contributed by atoms with Crippen LogP contribution in [-0.2, 0) is 0 Å². The van der Waals surface area contributed by atoms with Gasteiger partial charge in [-0.15, -0.1) is 11.3 Å². The van der Waals surface area contributed by atoms with Gasteiger partial charge in [-0.2, -0.15) is 0 Å². The fourth-order valence-corrected chi connectivity index (χ4v) is 3.64. The number of hydrogen-bond acceptors (Lipinski definition) is 5. The first-order valence-electron chi connectivity index (χ1n) is 8.90. The average molecular weight is 405 g/mol. The second-order valence-corrected chi connectivity index (χ2v) is 7.05. The van der Waals surface area contributed by atoms with Crippen LogP contribution in [0.4, 0.5) is 5.13 Å². The molecule has 0 aliphatic heterocycles. The first-order chi connectivity index (χ1) is 14.2. The van der Waals surface area contributed by atoms with Gasteiger partial charge < -0.3 is 14.0 Å². The molecule has 0 fully saturated rings. The van der Waals surface area contributed by atoms with Gasteiger partial charge in [0.1, 0.15) is 11.5 Å². The van der Waals surface area contributed by atoms with E-state index >= 15 is 0 Å². The summed E-state index contributed by atoms with van der Waals surface area (Å²) in [4.78, 5) is 17.1. The minimum absolute atomic E-state index is 0.206. The maximum atomic E-state index is 12.6. The van der Waals surface area contributed by atoms with Crippen molar-refractivity contribution in [3.8, 4) is 28.4 Å². The summed E-state index contributed by atoms with van der Waals surface area (Å²) >= 11 is 1.36. The third-order valence-corrected chi connectivity index (χ3v) is 5.20. The van der Waals surface area contributed by atoms with Crippen molar-refractivity contribution in [2.45, 2.75) is 0 Å². The van der Waals surface area contributed by atoms with Crippen molar-refractivity contribution in [2.24, 2.45) is 0 Å². The van der Waals surface area contributed by atoms with Crippen molar-refractivity contribution < 1.29 is 14.3 Å². The van der Waals surface area contributed by atoms with Crippen molar-refractivity contribution in [3.05, 3.63) is 77.9 Å². The Bertz CT molecular complexity index is 1120. The van der Waals surface area contributed by atoms with Crippen LogP contribution in [0.2, 0.25) is 0 Å². The number of anilines is 1. The van der Waals surface area contributed by atoms with Crippen LogP contribution in [0.1, 0.15) is 10.4 Å². The molecule has 146 valence electrons. The van der Waals surface area contributed by atoms with E-state index in [9.17, 15) is 4.79 Å². The minimum atomic E-state index is -0.206. The van der Waals surface area contributed by atoms with Crippen molar-refractivity contribution in [3.63, 3.8) is 0 Å². The van der Waals surface area contributed by atoms with Crippen LogP contribution in [0.3, 0.4) is 0 Å². The molecule has 4 aromatic rings. The zero-order valence-corrected chi connectivity index (χ0v) is 16.8. The van der Waals surface area contributed by atoms with E-state index in [1.807, 2.05) is 64.8 Å². The molecule has 2 aromatic carbocycles. The summed E-state index contributed by atoms with van der Waals surface area (Å²) in [5.74, 6) is 1.19. The number of carbonyl (C=O) groups is 1. The monoisotopic (exact) mass is 405 g/mol. The van der Waals surface area contributed by atoms with Gasteiger partial charge in [-0.3, -0.25) is 10.1 Å². The maximum Gasteiger partial charge on any atom is 0.257 e. The molecule has 1 amide bonds. The Morgan fingerprint density at radius 3 is 2.48 bits per heavy atom. The molecule has 4 rings (SSSR count). The van der Waals surface area contributed by atoms with Crippen LogP contribution in [-0.4, -0.2) is 29.7 Å². The SMILES string of the molecule is COc1ccc(OC)c(-c2csc(NC(=O)c3ccc(-n4cccc4)cc3)n2)c1. The lowest BCUT2D eigenvalue weighted by Gasteiger charge is -2.08. The Balaban J connectivity index is 1.51. The maximum absolute atomic E-state index is 12.6. The van der Waals surface area contributed by atoms with E-state index in [2.05, 4.69) is 10.3 Å². The minimum Gasteiger partial charge on any atom is -0.497 e. The van der Waals surface area contributed by atoms with Gasteiger partial charge in [0.2, 0.25) is 0 Å². The number of benzene rings is 2. The number of amides is 1. The second-order valence-electron chi connectivity index (χ2n) is 6.20. The van der Waals surface area contributed by atoms with E-state index < -0.39 is 0 Å². The van der Waals surface area contributed by atoms with Crippen LogP contribution >= 0.6 is 11.3 Å². The Morgan fingerprint density at radius 1 is 1.03 bits per heavy atom. The van der Waals surface area contributed by atoms with Gasteiger partial charge >= 0.3 is 0 Å². The number of ether oxygens (including phenoxy) is 2. The molecule has 6 nitrogen and oxygen atoms in total. The predicted molar refractivity (Wildman–Crippen MR) is 114 cm³/mol. The van der Waals surface area contributed by atoms with Gasteiger partial charge in [-0.1, -0.05) is 0 Å². The third-order valence-electron chi connectivity index (χ3n) is 4.44. The number of methoxy groups -OCH3 is 2. The van der Waals surface area contributed by atoms with Crippen LogP contribution in [0.5, 0.6) is 11.5 Å². The highest BCUT2D eigenvalue weighted by Gasteiger charge is 2.14. The molecule has 0 radical (unpaired) electrons. The molecule has 0 bridgehead atoms. The number of aromatic nitrogens is 2. The number of rotatable bonds is 6. The predicted octanol–water partition coefficient (Wildman–Crippen LogP) is 4.87. The largest absolute Gasteiger partial charge is 0.497 e. The molecule has 0 unspecified atom stereocenters. The Kier molecular flexibility index (Phi) is 5.31. The first kappa shape index (κ1) is 18.8. The van der Waals surface area contributed by atoms with E-state index in [1.54, 1.807) is 26.4 Å². The summed E-state index contributed by atoms with van der Waals surface area (Å²) < 4.78 is 12.7. The summed E-state index contributed by atoms with van der Waals surface area (Å²) in [6.07, 6.45) is 3.91. The molecule has 0 saturated heterocycles. The molecule has 0 atom stereocenters. The first-order valence-corrected chi connectivity index (χ1v) is 9.78. The van der Waals surface area contributed by atoms with Gasteiger partial charge in [-0.05, 0) is 54.6 Å². The van der Waals surface area contributed by atoms with Gasteiger partial charge in [-0.25, -0.2) is 4.98 Å². The van der Waals surface area contributed by atoms with Crippen molar-refractivity contribution in [2.75, 3.05) is 19.5 Å². The molecular formula is C22H19N3O3S. The van der Waals surface area contributed by atoms with Gasteiger partial charge in [0.05, 0.1) is 19.9 Å². The Morgan fingerprint density at radius 2 is 1.79 bits per heavy atom. The number of thiazole rings is 1. The number of nitrogens with zero attached hydrogens (tertiary/aromatic N) is 2. The number of hydrogen-bond donors (Lipinski definition) is 1. The summed E-state index contributed by atoms with van der Waals surface area (Å²) in [5, 5.41) is 5.25. The van der Waals surface area contributed by atoms with Crippen molar-refractivity contribution >= 4 is 22.4 Å². The highest BCUT2D eigenvalue weighted by Crippen LogP contribution is 2.35. The highest BCUT2D eigenvalue weighted by atomic mass is 32.1. The van der Waals surface area contributed by atoms with Gasteiger partial charge in [0.25, 0.3) is 5.91 Å². The second kappa shape index (κ2) is 8.20. The lowest BCUT2D eigenvalue weighted by molar-refractivity contribution is 0.102. The molecule has 0 saturated carbocycles. The molecule has 7 heteroatoms. The Labute approximate surface area is 172 Å². The molecule has 0 aliphatic rings. The van der Waals surface area contributed by atoms with E-state index in [0.29, 0.717) is 27.9 Å². The highest BCUT2D eigenvalue weighted by molar-refractivity contribution is 7.14. The quantitative estimate of drug-likeness (QED) is 0.497. The Hall–Kier alpha value is -3.58. The average Bonchev–Trinajstić information content (AvgIpc) is 3.46. The van der Waals surface area contributed by atoms with Crippen LogP contribution in [0.15, 0.2) is 72.4 Å². The van der Waals surface area contributed by atoms with Gasteiger partial charge in [0.15, 0.2) is 5.13 Å². The van der Waals surface area contributed by atoms with E-state index in [-0.39, 0.29) is 5.91 Å². The van der Waals surface area contributed by atoms with Crippen LogP contribution in [0, 0.1) is 0 Å². The molecule has 1 N–H and O–H groups in total. The zero-order chi connectivity index (χ0) is 20.2. The number of nitrogens with one attached hydrogen (secondary N) is 1. The summed E-state index contributed by atoms with van der Waals surface area (Å²) in [5.41, 5.74) is 3.08. The van der Waals surface area contributed by atoms with Crippen LogP contribution < -0.4 is 14.8 Å². The summed E-state index contributed by atoms with van der Waals surface area (Å²) in [7, 11) is 3.22. The standard InChI is InChI=1S/C22H19N3O3S/c1-27-17-9-10-20(28-2)18(13-17)19-14-29-22(23-19)24-21(26)15-5-7-16(8-6-15)25-11-3-4-12-25/h3-14H,1-2H3,(H,23,24,26). The fraction of sp³-hybridized carbons (Fsp3) is 0.0909. The van der Waals surface area contributed by atoms with E-state index in [1.165, 1.54) is 11.3 Å². The van der Waals surface area contributed by atoms with Crippen molar-refractivity contribution in [1.29, 1.82) is 0 Å². The summed E-state index contributed by atoms with van der Waals surface area (Å²) in [6, 6.07) is 16.8. The molecule has 0 spiro atoms. The van der Waals surface area contributed by atoms with Crippen LogP contribution in [0.25, 0.3) is 16.9 Å². The van der Waals surface area contributed by atoms with Gasteiger partial charge in [0, 0.05) is 34.6 Å². The van der Waals surface area contributed by atoms with E-state index in [0.717, 1.165) is 11.3 Å². The molecular weight excluding hydrogens is 386 g/mol. The number of carbonyl (C=O) groups excluding carboxylic acids is 1. The third kappa shape index (κ3) is 4.00.